The van der Waals surface area contributed by atoms with Gasteiger partial charge in [-0.05, 0) is 91.8 Å². The van der Waals surface area contributed by atoms with E-state index in [-0.39, 0.29) is 5.41 Å². The summed E-state index contributed by atoms with van der Waals surface area (Å²) in [6.45, 7) is 19.2. The Balaban J connectivity index is 1.31. The van der Waals surface area contributed by atoms with Crippen LogP contribution < -0.4 is 10.4 Å². The van der Waals surface area contributed by atoms with Crippen LogP contribution >= 0.6 is 0 Å². The minimum Gasteiger partial charge on any atom is -0.0656 e. The van der Waals surface area contributed by atoms with Crippen molar-refractivity contribution in [1.29, 1.82) is 0 Å². The third-order valence-corrected chi connectivity index (χ3v) is 17.2. The van der Waals surface area contributed by atoms with E-state index in [4.69, 9.17) is 0 Å². The Morgan fingerprint density at radius 2 is 0.881 bits per heavy atom. The van der Waals surface area contributed by atoms with Crippen LogP contribution in [-0.2, 0) is 5.41 Å². The Hall–Kier alpha value is -4.51. The van der Waals surface area contributed by atoms with E-state index in [1.165, 1.54) is 130 Å². The predicted molar refractivity (Wildman–Crippen MR) is 267 cm³/mol. The van der Waals surface area contributed by atoms with Crippen LogP contribution in [0.5, 0.6) is 0 Å². The van der Waals surface area contributed by atoms with Gasteiger partial charge < -0.3 is 0 Å². The molecule has 0 radical (unpaired) electrons. The van der Waals surface area contributed by atoms with E-state index >= 15 is 0 Å². The van der Waals surface area contributed by atoms with Crippen molar-refractivity contribution in [3.05, 3.63) is 167 Å². The normalized spacial score (nSPS) is 13.7. The lowest BCUT2D eigenvalue weighted by Gasteiger charge is -2.33. The van der Waals surface area contributed by atoms with Crippen LogP contribution in [0.1, 0.15) is 106 Å². The average molecular weight is 809 g/mol. The van der Waals surface area contributed by atoms with Gasteiger partial charge in [0.05, 0.1) is 16.1 Å². The van der Waals surface area contributed by atoms with Crippen LogP contribution in [0, 0.1) is 0 Å². The number of rotatable bonds is 17. The van der Waals surface area contributed by atoms with E-state index in [2.05, 4.69) is 199 Å². The molecule has 6 aromatic rings. The molecule has 0 nitrogen and oxygen atoms in total. The molecule has 304 valence electrons. The summed E-state index contributed by atoms with van der Waals surface area (Å²) in [6.07, 6.45) is 15.2. The number of benzene rings is 6. The van der Waals surface area contributed by atoms with Gasteiger partial charge in [0.25, 0.3) is 0 Å². The highest BCUT2D eigenvalue weighted by Crippen LogP contribution is 2.55. The highest BCUT2D eigenvalue weighted by molar-refractivity contribution is 6.89. The fourth-order valence-electron chi connectivity index (χ4n) is 9.43. The van der Waals surface area contributed by atoms with Crippen molar-refractivity contribution < 1.29 is 0 Å². The van der Waals surface area contributed by atoms with E-state index in [0.717, 1.165) is 0 Å². The summed E-state index contributed by atoms with van der Waals surface area (Å²) in [5.41, 5.74) is 16.2. The number of hydrogen-bond acceptors (Lipinski definition) is 0. The van der Waals surface area contributed by atoms with Crippen molar-refractivity contribution in [3.63, 3.8) is 0 Å². The van der Waals surface area contributed by atoms with Crippen molar-refractivity contribution in [1.82, 2.24) is 0 Å². The second kappa shape index (κ2) is 18.4. The second-order valence-electron chi connectivity index (χ2n) is 19.4. The molecular formula is C57H68Si2. The minimum absolute atomic E-state index is 0.0487. The molecule has 0 bridgehead atoms. The molecule has 0 spiro atoms. The zero-order valence-corrected chi connectivity index (χ0v) is 39.4. The van der Waals surface area contributed by atoms with Gasteiger partial charge in [-0.15, -0.1) is 0 Å². The van der Waals surface area contributed by atoms with Gasteiger partial charge in [0, 0.05) is 5.41 Å². The number of fused-ring (bicyclic) bond motifs is 3. The quantitative estimate of drug-likeness (QED) is 0.0489. The standard InChI is InChI=1S/C57H68Si2/c1-9-11-13-17-39-57(40-18-14-12-10-2)55-20-16-15-19-52(55)53-38-33-49(42-56(53)57)54(48-27-25-45(26-28-48)47-31-36-51(37-32-47)59(6,7)8)41-43-21-23-44(24-22-43)46-29-34-50(35-30-46)58(3,4)5/h15-16,19-38,41-42H,9-14,17-18,39-40H2,1-8H3/b54-41-. The van der Waals surface area contributed by atoms with Gasteiger partial charge in [-0.1, -0.05) is 248 Å². The molecule has 0 unspecified atom stereocenters. The maximum atomic E-state index is 2.61. The fourth-order valence-corrected chi connectivity index (χ4v) is 11.8. The summed E-state index contributed by atoms with van der Waals surface area (Å²) in [5, 5.41) is 3.01. The molecule has 0 saturated carbocycles. The zero-order valence-electron chi connectivity index (χ0n) is 37.4. The monoisotopic (exact) mass is 808 g/mol. The Kier molecular flexibility index (Phi) is 13.3. The molecule has 6 aromatic carbocycles. The third kappa shape index (κ3) is 9.61. The maximum absolute atomic E-state index is 2.61. The molecule has 7 rings (SSSR count). The van der Waals surface area contributed by atoms with E-state index < -0.39 is 16.1 Å². The average Bonchev–Trinajstić information content (AvgIpc) is 3.51. The van der Waals surface area contributed by atoms with Crippen LogP contribution in [0.15, 0.2) is 140 Å². The Morgan fingerprint density at radius 1 is 0.441 bits per heavy atom. The lowest BCUT2D eigenvalue weighted by Crippen LogP contribution is -2.37. The van der Waals surface area contributed by atoms with Crippen molar-refractivity contribution in [2.45, 2.75) is 123 Å². The van der Waals surface area contributed by atoms with Crippen LogP contribution in [0.4, 0.5) is 0 Å². The summed E-state index contributed by atoms with van der Waals surface area (Å²) >= 11 is 0. The van der Waals surface area contributed by atoms with Crippen molar-refractivity contribution >= 4 is 38.2 Å². The van der Waals surface area contributed by atoms with Gasteiger partial charge >= 0.3 is 0 Å². The lowest BCUT2D eigenvalue weighted by molar-refractivity contribution is 0.401. The smallest absolute Gasteiger partial charge is 0.0656 e. The Bertz CT molecular complexity index is 2320. The molecule has 0 amide bonds. The third-order valence-electron chi connectivity index (χ3n) is 13.1. The van der Waals surface area contributed by atoms with E-state index in [1.54, 1.807) is 11.1 Å². The molecule has 0 fully saturated rings. The largest absolute Gasteiger partial charge is 0.0775 e. The van der Waals surface area contributed by atoms with Crippen molar-refractivity contribution in [2.24, 2.45) is 0 Å². The van der Waals surface area contributed by atoms with E-state index in [1.807, 2.05) is 0 Å². The summed E-state index contributed by atoms with van der Waals surface area (Å²) in [6, 6.07) is 54.1. The van der Waals surface area contributed by atoms with Gasteiger partial charge in [-0.3, -0.25) is 0 Å². The molecule has 0 saturated heterocycles. The van der Waals surface area contributed by atoms with Gasteiger partial charge in [0.2, 0.25) is 0 Å². The predicted octanol–water partition coefficient (Wildman–Crippen LogP) is 15.9. The van der Waals surface area contributed by atoms with Crippen molar-refractivity contribution in [2.75, 3.05) is 0 Å². The molecule has 0 N–H and O–H groups in total. The van der Waals surface area contributed by atoms with Crippen molar-refractivity contribution in [3.8, 4) is 33.4 Å². The first kappa shape index (κ1) is 42.6. The number of unbranched alkanes of at least 4 members (excludes halogenated alkanes) is 6. The van der Waals surface area contributed by atoms with Crippen LogP contribution in [0.3, 0.4) is 0 Å². The molecule has 2 heteroatoms. The minimum atomic E-state index is -1.36. The SMILES string of the molecule is CCCCCCC1(CCCCCC)c2ccccc2-c2ccc(/C(=C\c3ccc(-c4ccc([Si](C)(C)C)cc4)cc3)c3ccc(-c4ccc([Si](C)(C)C)cc4)cc3)cc21. The summed E-state index contributed by atoms with van der Waals surface area (Å²) in [7, 11) is -2.70. The second-order valence-corrected chi connectivity index (χ2v) is 29.6. The molecule has 0 aromatic heterocycles. The molecule has 0 heterocycles. The highest BCUT2D eigenvalue weighted by atomic mass is 28.3. The van der Waals surface area contributed by atoms with E-state index in [0.29, 0.717) is 0 Å². The van der Waals surface area contributed by atoms with Crippen LogP contribution in [-0.4, -0.2) is 16.1 Å². The molecule has 1 aliphatic carbocycles. The first-order valence-electron chi connectivity index (χ1n) is 22.8. The number of hydrogen-bond donors (Lipinski definition) is 0. The molecule has 0 aliphatic heterocycles. The van der Waals surface area contributed by atoms with Gasteiger partial charge in [-0.25, -0.2) is 0 Å². The Morgan fingerprint density at radius 3 is 1.37 bits per heavy atom. The molecule has 0 atom stereocenters. The fraction of sp³-hybridized carbons (Fsp3) is 0.333. The zero-order chi connectivity index (χ0) is 41.6. The molecule has 59 heavy (non-hydrogen) atoms. The van der Waals surface area contributed by atoms with Crippen LogP contribution in [0.25, 0.3) is 45.0 Å². The molecule has 1 aliphatic rings. The maximum Gasteiger partial charge on any atom is 0.0775 e. The van der Waals surface area contributed by atoms with Gasteiger partial charge in [-0.2, -0.15) is 0 Å². The topological polar surface area (TPSA) is 0 Å². The molecular weight excluding hydrogens is 741 g/mol. The van der Waals surface area contributed by atoms with Gasteiger partial charge in [0.15, 0.2) is 0 Å². The highest BCUT2D eigenvalue weighted by Gasteiger charge is 2.42. The summed E-state index contributed by atoms with van der Waals surface area (Å²) < 4.78 is 0. The van der Waals surface area contributed by atoms with Gasteiger partial charge in [0.1, 0.15) is 0 Å². The Labute approximate surface area is 359 Å². The van der Waals surface area contributed by atoms with Crippen LogP contribution in [0.2, 0.25) is 39.3 Å². The summed E-state index contributed by atoms with van der Waals surface area (Å²) in [4.78, 5) is 0. The first-order chi connectivity index (χ1) is 28.4. The summed E-state index contributed by atoms with van der Waals surface area (Å²) in [5.74, 6) is 0. The van der Waals surface area contributed by atoms with E-state index in [9.17, 15) is 0 Å². The lowest BCUT2D eigenvalue weighted by atomic mass is 9.70. The first-order valence-corrected chi connectivity index (χ1v) is 29.8.